The minimum absolute atomic E-state index is 0.0781. The summed E-state index contributed by atoms with van der Waals surface area (Å²) in [5, 5.41) is 1.95. The highest BCUT2D eigenvalue weighted by atomic mass is 32.1. The molecule has 0 aromatic carbocycles. The van der Waals surface area contributed by atoms with Gasteiger partial charge in [0.15, 0.2) is 11.6 Å². The lowest BCUT2D eigenvalue weighted by Gasteiger charge is -2.04. The van der Waals surface area contributed by atoms with Crippen molar-refractivity contribution in [3.05, 3.63) is 34.4 Å². The molecule has 2 heterocycles. The van der Waals surface area contributed by atoms with Gasteiger partial charge in [-0.3, -0.25) is 0 Å². The van der Waals surface area contributed by atoms with Crippen molar-refractivity contribution < 1.29 is 9.13 Å². The average molecular weight is 331 g/mol. The summed E-state index contributed by atoms with van der Waals surface area (Å²) in [7, 11) is 0. The van der Waals surface area contributed by atoms with E-state index in [1.165, 1.54) is 0 Å². The summed E-state index contributed by atoms with van der Waals surface area (Å²) >= 11 is 1.57. The molecule has 0 aliphatic carbocycles. The van der Waals surface area contributed by atoms with Crippen molar-refractivity contribution in [3.63, 3.8) is 0 Å². The topological polar surface area (TPSA) is 47.4 Å². The van der Waals surface area contributed by atoms with E-state index in [9.17, 15) is 4.39 Å². The summed E-state index contributed by atoms with van der Waals surface area (Å²) in [6, 6.07) is 3.96. The Morgan fingerprint density at radius 2 is 2.35 bits per heavy atom. The van der Waals surface area contributed by atoms with Gasteiger partial charge in [0.05, 0.1) is 11.9 Å². The number of hydrogen-bond acceptors (Lipinski definition) is 5. The fourth-order valence-electron chi connectivity index (χ4n) is 1.85. The first-order valence-electron chi connectivity index (χ1n) is 7.44. The van der Waals surface area contributed by atoms with Crippen LogP contribution >= 0.6 is 11.3 Å². The zero-order chi connectivity index (χ0) is 16.5. The molecule has 0 saturated carbocycles. The molecule has 23 heavy (non-hydrogen) atoms. The minimum Gasteiger partial charge on any atom is -0.458 e. The first-order valence-corrected chi connectivity index (χ1v) is 8.32. The van der Waals surface area contributed by atoms with Gasteiger partial charge in [-0.05, 0) is 24.3 Å². The molecule has 0 aliphatic rings. The van der Waals surface area contributed by atoms with Gasteiger partial charge in [-0.25, -0.2) is 14.4 Å². The molecule has 0 N–H and O–H groups in total. The molecule has 2 aromatic heterocycles. The maximum atomic E-state index is 13.8. The van der Waals surface area contributed by atoms with Crippen LogP contribution in [0.5, 0.6) is 6.01 Å². The number of aromatic nitrogens is 2. The van der Waals surface area contributed by atoms with Gasteiger partial charge >= 0.3 is 6.01 Å². The predicted octanol–water partition coefficient (Wildman–Crippen LogP) is 4.54. The van der Waals surface area contributed by atoms with E-state index >= 15 is 0 Å². The molecule has 2 rings (SSSR count). The third kappa shape index (κ3) is 5.46. The average Bonchev–Trinajstić information content (AvgIpc) is 3.08. The zero-order valence-corrected chi connectivity index (χ0v) is 13.8. The van der Waals surface area contributed by atoms with Gasteiger partial charge in [-0.15, -0.1) is 17.8 Å². The van der Waals surface area contributed by atoms with Crippen LogP contribution in [0.1, 0.15) is 37.5 Å². The zero-order valence-electron chi connectivity index (χ0n) is 13.0. The molecule has 2 aromatic rings. The third-order valence-corrected chi connectivity index (χ3v) is 3.90. The van der Waals surface area contributed by atoms with Crippen LogP contribution in [0.25, 0.3) is 0 Å². The smallest absolute Gasteiger partial charge is 0.318 e. The van der Waals surface area contributed by atoms with Gasteiger partial charge in [-0.1, -0.05) is 31.8 Å². The second kappa shape index (κ2) is 9.01. The molecule has 0 amide bonds. The molecule has 0 saturated heterocycles. The predicted molar refractivity (Wildman–Crippen MR) is 90.7 cm³/mol. The van der Waals surface area contributed by atoms with Crippen LogP contribution in [-0.2, 0) is 6.61 Å². The Morgan fingerprint density at radius 1 is 1.48 bits per heavy atom. The number of terminal acetylenes is 1. The van der Waals surface area contributed by atoms with Crippen molar-refractivity contribution in [2.24, 2.45) is 4.99 Å². The van der Waals surface area contributed by atoms with Gasteiger partial charge in [0.25, 0.3) is 0 Å². The lowest BCUT2D eigenvalue weighted by molar-refractivity contribution is 0.283. The van der Waals surface area contributed by atoms with Crippen molar-refractivity contribution in [1.82, 2.24) is 9.97 Å². The van der Waals surface area contributed by atoms with E-state index in [-0.39, 0.29) is 11.8 Å². The van der Waals surface area contributed by atoms with E-state index in [4.69, 9.17) is 11.2 Å². The molecule has 0 radical (unpaired) electrons. The van der Waals surface area contributed by atoms with Crippen molar-refractivity contribution in [1.29, 1.82) is 0 Å². The minimum atomic E-state index is -0.614. The molecule has 6 heteroatoms. The van der Waals surface area contributed by atoms with Crippen LogP contribution in [0.15, 0.2) is 28.7 Å². The lowest BCUT2D eigenvalue weighted by Crippen LogP contribution is -2.00. The molecule has 120 valence electrons. The molecule has 0 atom stereocenters. The lowest BCUT2D eigenvalue weighted by atomic mass is 10.1. The number of ether oxygens (including phenoxy) is 1. The van der Waals surface area contributed by atoms with E-state index in [1.54, 1.807) is 11.3 Å². The monoisotopic (exact) mass is 331 g/mol. The standard InChI is InChI=1S/C17H18FN3OS/c1-3-5-6-8-13(4-2)20-16-15(18)11-19-17(21-16)22-12-14-9-7-10-23-14/h2,7,9-11H,3,5-6,8,12H2,1H3. The molecule has 0 aliphatic heterocycles. The maximum Gasteiger partial charge on any atom is 0.318 e. The van der Waals surface area contributed by atoms with Crippen molar-refractivity contribution in [3.8, 4) is 18.4 Å². The first-order chi connectivity index (χ1) is 11.2. The van der Waals surface area contributed by atoms with Crippen molar-refractivity contribution in [2.45, 2.75) is 39.2 Å². The number of rotatable bonds is 8. The largest absolute Gasteiger partial charge is 0.458 e. The highest BCUT2D eigenvalue weighted by molar-refractivity contribution is 7.09. The number of aliphatic imine (C=N–C) groups is 1. The van der Waals surface area contributed by atoms with Crippen LogP contribution in [0.4, 0.5) is 10.2 Å². The van der Waals surface area contributed by atoms with E-state index < -0.39 is 5.82 Å². The third-order valence-electron chi connectivity index (χ3n) is 3.05. The number of thiophene rings is 1. The van der Waals surface area contributed by atoms with Crippen LogP contribution in [0.2, 0.25) is 0 Å². The fourth-order valence-corrected chi connectivity index (χ4v) is 2.47. The summed E-state index contributed by atoms with van der Waals surface area (Å²) in [6.45, 7) is 2.44. The van der Waals surface area contributed by atoms with Gasteiger partial charge < -0.3 is 4.74 Å². The van der Waals surface area contributed by atoms with Crippen LogP contribution in [0.3, 0.4) is 0 Å². The Labute approximate surface area is 139 Å². The number of nitrogens with zero attached hydrogens (tertiary/aromatic N) is 3. The number of hydrogen-bond donors (Lipinski definition) is 0. The Hall–Kier alpha value is -2.26. The highest BCUT2D eigenvalue weighted by Gasteiger charge is 2.09. The quantitative estimate of drug-likeness (QED) is 0.405. The first kappa shape index (κ1) is 17.1. The summed E-state index contributed by atoms with van der Waals surface area (Å²) < 4.78 is 19.3. The molecule has 4 nitrogen and oxygen atoms in total. The normalized spacial score (nSPS) is 11.3. The van der Waals surface area contributed by atoms with Crippen molar-refractivity contribution in [2.75, 3.05) is 0 Å². The second-order valence-corrected chi connectivity index (χ2v) is 5.88. The van der Waals surface area contributed by atoms with Gasteiger partial charge in [0.2, 0.25) is 0 Å². The number of unbranched alkanes of at least 4 members (excludes halogenated alkanes) is 2. The molecule has 0 spiro atoms. The second-order valence-electron chi connectivity index (χ2n) is 4.85. The van der Waals surface area contributed by atoms with Gasteiger partial charge in [0, 0.05) is 4.88 Å². The van der Waals surface area contributed by atoms with E-state index in [1.807, 2.05) is 17.5 Å². The van der Waals surface area contributed by atoms with Crippen molar-refractivity contribution >= 4 is 22.9 Å². The molecule has 0 bridgehead atoms. The molecular formula is C17H18FN3OS. The van der Waals surface area contributed by atoms with E-state index in [0.717, 1.165) is 30.3 Å². The SMILES string of the molecule is C#CC(CCCCC)=Nc1nc(OCc2cccs2)ncc1F. The summed E-state index contributed by atoms with van der Waals surface area (Å²) in [5.41, 5.74) is 0.486. The fraction of sp³-hybridized carbons (Fsp3) is 0.353. The van der Waals surface area contributed by atoms with Crippen LogP contribution in [0, 0.1) is 18.2 Å². The van der Waals surface area contributed by atoms with Crippen LogP contribution in [-0.4, -0.2) is 15.7 Å². The van der Waals surface area contributed by atoms with Gasteiger partial charge in [-0.2, -0.15) is 4.98 Å². The number of halogens is 1. The highest BCUT2D eigenvalue weighted by Crippen LogP contribution is 2.19. The molecule has 0 fully saturated rings. The van der Waals surface area contributed by atoms with E-state index in [0.29, 0.717) is 18.7 Å². The molecular weight excluding hydrogens is 313 g/mol. The Kier molecular flexibility index (Phi) is 6.70. The van der Waals surface area contributed by atoms with E-state index in [2.05, 4.69) is 27.8 Å². The summed E-state index contributed by atoms with van der Waals surface area (Å²) in [5.74, 6) is 1.80. The maximum absolute atomic E-state index is 13.8. The summed E-state index contributed by atoms with van der Waals surface area (Å²) in [6.07, 6.45) is 10.2. The Morgan fingerprint density at radius 3 is 3.04 bits per heavy atom. The Balaban J connectivity index is 2.08. The van der Waals surface area contributed by atoms with Gasteiger partial charge in [0.1, 0.15) is 6.61 Å². The Bertz CT molecular complexity index is 692. The summed E-state index contributed by atoms with van der Waals surface area (Å²) in [4.78, 5) is 13.0. The molecule has 0 unspecified atom stereocenters. The van der Waals surface area contributed by atoms with Crippen LogP contribution < -0.4 is 4.74 Å².